The summed E-state index contributed by atoms with van der Waals surface area (Å²) in [6.07, 6.45) is 1.38. The van der Waals surface area contributed by atoms with Crippen molar-refractivity contribution in [1.29, 1.82) is 0 Å². The molecule has 0 aliphatic rings. The summed E-state index contributed by atoms with van der Waals surface area (Å²) < 4.78 is 5.15. The van der Waals surface area contributed by atoms with Crippen LogP contribution in [0.25, 0.3) is 0 Å². The Morgan fingerprint density at radius 3 is 2.85 bits per heavy atom. The van der Waals surface area contributed by atoms with Crippen LogP contribution < -0.4 is 10.6 Å². The molecule has 26 heavy (non-hydrogen) atoms. The number of benzene rings is 1. The Morgan fingerprint density at radius 1 is 1.27 bits per heavy atom. The van der Waals surface area contributed by atoms with Crippen LogP contribution in [0.5, 0.6) is 5.75 Å². The van der Waals surface area contributed by atoms with Crippen LogP contribution in [0.15, 0.2) is 36.5 Å². The highest BCUT2D eigenvalue weighted by atomic mass is 35.5. The maximum atomic E-state index is 12.2. The van der Waals surface area contributed by atoms with Gasteiger partial charge in [-0.1, -0.05) is 11.6 Å². The molecule has 0 unspecified atom stereocenters. The largest absolute Gasteiger partial charge is 0.508 e. The quantitative estimate of drug-likeness (QED) is 0.613. The van der Waals surface area contributed by atoms with Crippen LogP contribution in [0, 0.1) is 0 Å². The van der Waals surface area contributed by atoms with Gasteiger partial charge in [-0.3, -0.25) is 14.6 Å². The highest BCUT2D eigenvalue weighted by Gasteiger charge is 2.11. The van der Waals surface area contributed by atoms with E-state index in [0.29, 0.717) is 36.0 Å². The molecule has 8 heteroatoms. The summed E-state index contributed by atoms with van der Waals surface area (Å²) in [7, 11) is 0. The Bertz CT molecular complexity index is 783. The maximum Gasteiger partial charge on any atom is 0.270 e. The smallest absolute Gasteiger partial charge is 0.270 e. The standard InChI is InChI=1S/C18H20ClN3O4/c1-2-26-8-7-21-18(25)15-11-14(5-6-20-15)22-17(24)10-12-9-13(19)3-4-16(12)23/h3-6,9,11,23H,2,7-8,10H2,1H3,(H,21,25)(H,20,22,24). The minimum Gasteiger partial charge on any atom is -0.508 e. The Morgan fingerprint density at radius 2 is 2.08 bits per heavy atom. The molecular weight excluding hydrogens is 358 g/mol. The van der Waals surface area contributed by atoms with Crippen LogP contribution in [0.4, 0.5) is 5.69 Å². The number of carbonyl (C=O) groups excluding carboxylic acids is 2. The Labute approximate surface area is 156 Å². The van der Waals surface area contributed by atoms with Crippen molar-refractivity contribution in [1.82, 2.24) is 10.3 Å². The number of aromatic nitrogens is 1. The van der Waals surface area contributed by atoms with E-state index in [0.717, 1.165) is 0 Å². The molecule has 0 atom stereocenters. The van der Waals surface area contributed by atoms with E-state index in [1.165, 1.54) is 30.5 Å². The summed E-state index contributed by atoms with van der Waals surface area (Å²) in [5.74, 6) is -0.710. The molecule has 0 bridgehead atoms. The van der Waals surface area contributed by atoms with Gasteiger partial charge in [0.1, 0.15) is 11.4 Å². The number of hydrogen-bond donors (Lipinski definition) is 3. The number of nitrogens with zero attached hydrogens (tertiary/aromatic N) is 1. The normalized spacial score (nSPS) is 10.4. The average Bonchev–Trinajstić information content (AvgIpc) is 2.62. The third-order valence-corrected chi connectivity index (χ3v) is 3.64. The zero-order valence-corrected chi connectivity index (χ0v) is 15.0. The number of anilines is 1. The Hall–Kier alpha value is -2.64. The van der Waals surface area contributed by atoms with Crippen molar-refractivity contribution in [2.24, 2.45) is 0 Å². The maximum absolute atomic E-state index is 12.2. The summed E-state index contributed by atoms with van der Waals surface area (Å²) in [5, 5.41) is 15.6. The first-order valence-corrected chi connectivity index (χ1v) is 8.46. The van der Waals surface area contributed by atoms with E-state index in [9.17, 15) is 14.7 Å². The minimum absolute atomic E-state index is 0.00589. The van der Waals surface area contributed by atoms with Gasteiger partial charge in [0.05, 0.1) is 13.0 Å². The van der Waals surface area contributed by atoms with E-state index in [-0.39, 0.29) is 29.7 Å². The summed E-state index contributed by atoms with van der Waals surface area (Å²) in [5.41, 5.74) is 1.03. The molecule has 2 rings (SSSR count). The Balaban J connectivity index is 1.96. The number of amides is 2. The highest BCUT2D eigenvalue weighted by Crippen LogP contribution is 2.22. The van der Waals surface area contributed by atoms with Gasteiger partial charge in [0, 0.05) is 35.6 Å². The highest BCUT2D eigenvalue weighted by molar-refractivity contribution is 6.30. The van der Waals surface area contributed by atoms with Crippen molar-refractivity contribution in [3.63, 3.8) is 0 Å². The lowest BCUT2D eigenvalue weighted by molar-refractivity contribution is -0.115. The van der Waals surface area contributed by atoms with Crippen molar-refractivity contribution >= 4 is 29.1 Å². The van der Waals surface area contributed by atoms with Gasteiger partial charge >= 0.3 is 0 Å². The number of halogens is 1. The van der Waals surface area contributed by atoms with E-state index in [1.807, 2.05) is 6.92 Å². The average molecular weight is 378 g/mol. The fourth-order valence-corrected chi connectivity index (χ4v) is 2.37. The molecule has 2 aromatic rings. The number of aromatic hydroxyl groups is 1. The van der Waals surface area contributed by atoms with Crippen LogP contribution >= 0.6 is 11.6 Å². The molecule has 0 aliphatic carbocycles. The Kier molecular flexibility index (Phi) is 7.37. The van der Waals surface area contributed by atoms with E-state index in [2.05, 4.69) is 15.6 Å². The predicted octanol–water partition coefficient (Wildman–Crippen LogP) is 2.39. The SMILES string of the molecule is CCOCCNC(=O)c1cc(NC(=O)Cc2cc(Cl)ccc2O)ccn1. The second-order valence-corrected chi connectivity index (χ2v) is 5.82. The van der Waals surface area contributed by atoms with Crippen LogP contribution in [0.3, 0.4) is 0 Å². The van der Waals surface area contributed by atoms with E-state index < -0.39 is 0 Å². The molecule has 1 aromatic carbocycles. The van der Waals surface area contributed by atoms with Crippen molar-refractivity contribution in [2.45, 2.75) is 13.3 Å². The van der Waals surface area contributed by atoms with Crippen molar-refractivity contribution in [3.05, 3.63) is 52.8 Å². The third kappa shape index (κ3) is 6.02. The minimum atomic E-state index is -0.353. The van der Waals surface area contributed by atoms with Gasteiger partial charge in [0.25, 0.3) is 5.91 Å². The second-order valence-electron chi connectivity index (χ2n) is 5.38. The number of carbonyl (C=O) groups is 2. The van der Waals surface area contributed by atoms with Gasteiger partial charge in [-0.2, -0.15) is 0 Å². The summed E-state index contributed by atoms with van der Waals surface area (Å²) in [6.45, 7) is 3.25. The molecule has 0 spiro atoms. The molecule has 2 amide bonds. The van der Waals surface area contributed by atoms with Gasteiger partial charge < -0.3 is 20.5 Å². The molecule has 7 nitrogen and oxygen atoms in total. The third-order valence-electron chi connectivity index (χ3n) is 3.40. The van der Waals surface area contributed by atoms with E-state index in [1.54, 1.807) is 6.07 Å². The lowest BCUT2D eigenvalue weighted by atomic mass is 10.1. The second kappa shape index (κ2) is 9.74. The number of pyridine rings is 1. The lowest BCUT2D eigenvalue weighted by Gasteiger charge is -2.09. The topological polar surface area (TPSA) is 101 Å². The molecule has 1 aromatic heterocycles. The van der Waals surface area contributed by atoms with Gasteiger partial charge in [0.15, 0.2) is 0 Å². The van der Waals surface area contributed by atoms with Crippen molar-refractivity contribution in [2.75, 3.05) is 25.1 Å². The fraction of sp³-hybridized carbons (Fsp3) is 0.278. The fourth-order valence-electron chi connectivity index (χ4n) is 2.18. The summed E-state index contributed by atoms with van der Waals surface area (Å²) in [4.78, 5) is 28.2. The molecule has 138 valence electrons. The van der Waals surface area contributed by atoms with E-state index >= 15 is 0 Å². The van der Waals surface area contributed by atoms with Crippen molar-refractivity contribution in [3.8, 4) is 5.75 Å². The number of ether oxygens (including phenoxy) is 1. The number of phenolic OH excluding ortho intramolecular Hbond substituents is 1. The first kappa shape index (κ1) is 19.7. The lowest BCUT2D eigenvalue weighted by Crippen LogP contribution is -2.28. The first-order chi connectivity index (χ1) is 12.5. The van der Waals surface area contributed by atoms with Crippen LogP contribution in [0.1, 0.15) is 23.0 Å². The van der Waals surface area contributed by atoms with Gasteiger partial charge in [-0.25, -0.2) is 0 Å². The van der Waals surface area contributed by atoms with Crippen LogP contribution in [0.2, 0.25) is 5.02 Å². The molecule has 1 heterocycles. The van der Waals surface area contributed by atoms with E-state index in [4.69, 9.17) is 16.3 Å². The van der Waals surface area contributed by atoms with Crippen LogP contribution in [-0.2, 0) is 16.0 Å². The number of nitrogens with one attached hydrogen (secondary N) is 2. The van der Waals surface area contributed by atoms with Gasteiger partial charge in [0.2, 0.25) is 5.91 Å². The number of rotatable bonds is 8. The summed E-state index contributed by atoms with van der Waals surface area (Å²) in [6, 6.07) is 7.55. The molecule has 0 saturated carbocycles. The zero-order chi connectivity index (χ0) is 18.9. The molecular formula is C18H20ClN3O4. The van der Waals surface area contributed by atoms with Gasteiger partial charge in [-0.15, -0.1) is 0 Å². The monoisotopic (exact) mass is 377 g/mol. The molecule has 0 aliphatic heterocycles. The predicted molar refractivity (Wildman–Crippen MR) is 98.5 cm³/mol. The van der Waals surface area contributed by atoms with Crippen LogP contribution in [-0.4, -0.2) is 41.7 Å². The molecule has 0 fully saturated rings. The number of phenols is 1. The first-order valence-electron chi connectivity index (χ1n) is 8.09. The van der Waals surface area contributed by atoms with Crippen molar-refractivity contribution < 1.29 is 19.4 Å². The van der Waals surface area contributed by atoms with Gasteiger partial charge in [-0.05, 0) is 37.3 Å². The summed E-state index contributed by atoms with van der Waals surface area (Å²) >= 11 is 5.87. The molecule has 0 radical (unpaired) electrons. The number of hydrogen-bond acceptors (Lipinski definition) is 5. The zero-order valence-electron chi connectivity index (χ0n) is 14.3. The molecule has 3 N–H and O–H groups in total. The molecule has 0 saturated heterocycles.